The maximum Gasteiger partial charge on any atom is 0.236 e. The quantitative estimate of drug-likeness (QED) is 0.448. The summed E-state index contributed by atoms with van der Waals surface area (Å²) >= 11 is 0. The number of nitrogens with zero attached hydrogens (tertiary/aromatic N) is 3. The Morgan fingerprint density at radius 2 is 1.89 bits per heavy atom. The molecule has 0 bridgehead atoms. The first-order valence-electron chi connectivity index (χ1n) is 11.1. The number of nitrogens with one attached hydrogen (secondary N) is 3. The number of amides is 1. The Bertz CT molecular complexity index is 1370. The summed E-state index contributed by atoms with van der Waals surface area (Å²) in [6.45, 7) is 4.17. The zero-order chi connectivity index (χ0) is 24.4. The van der Waals surface area contributed by atoms with Crippen molar-refractivity contribution < 1.29 is 19.3 Å². The van der Waals surface area contributed by atoms with Gasteiger partial charge in [-0.2, -0.15) is 4.98 Å². The van der Waals surface area contributed by atoms with Crippen LogP contribution in [0.5, 0.6) is 11.5 Å². The van der Waals surface area contributed by atoms with Gasteiger partial charge in [-0.15, -0.1) is 5.10 Å². The lowest BCUT2D eigenvalue weighted by atomic mass is 9.88. The van der Waals surface area contributed by atoms with Gasteiger partial charge in [-0.25, -0.2) is 9.67 Å². The molecule has 0 aliphatic carbocycles. The molecular weight excluding hydrogens is 444 g/mol. The van der Waals surface area contributed by atoms with Crippen molar-refractivity contribution in [2.45, 2.75) is 6.04 Å². The highest BCUT2D eigenvalue weighted by molar-refractivity contribution is 5.95. The van der Waals surface area contributed by atoms with Crippen molar-refractivity contribution >= 4 is 17.5 Å². The highest BCUT2D eigenvalue weighted by Gasteiger charge is 2.40. The number of carbonyl (C=O) groups is 1. The Kier molecular flexibility index (Phi) is 5.88. The zero-order valence-corrected chi connectivity index (χ0v) is 19.4. The van der Waals surface area contributed by atoms with Gasteiger partial charge in [-0.1, -0.05) is 43.0 Å². The minimum absolute atomic E-state index is 0.232. The minimum Gasteiger partial charge on any atom is -0.493 e. The maximum absolute atomic E-state index is 13.6. The second-order valence-electron chi connectivity index (χ2n) is 8.04. The van der Waals surface area contributed by atoms with Crippen molar-refractivity contribution in [3.05, 3.63) is 90.9 Å². The number of aromatic amines is 1. The molecule has 0 radical (unpaired) electrons. The fourth-order valence-electron chi connectivity index (χ4n) is 4.23. The number of fused-ring (bicyclic) bond motifs is 1. The van der Waals surface area contributed by atoms with Crippen LogP contribution in [-0.4, -0.2) is 34.9 Å². The van der Waals surface area contributed by atoms with E-state index >= 15 is 0 Å². The molecule has 0 fully saturated rings. The van der Waals surface area contributed by atoms with E-state index in [9.17, 15) is 4.79 Å². The lowest BCUT2D eigenvalue weighted by Crippen LogP contribution is -2.39. The molecule has 1 aliphatic heterocycles. The number of benzene rings is 2. The van der Waals surface area contributed by atoms with Crippen LogP contribution in [0.15, 0.2) is 85.3 Å². The van der Waals surface area contributed by atoms with Gasteiger partial charge in [0.05, 0.1) is 20.3 Å². The molecule has 5 rings (SSSR count). The minimum atomic E-state index is -0.689. The lowest BCUT2D eigenvalue weighted by Gasteiger charge is -2.33. The molecule has 1 aliphatic rings. The number of hydrogen-bond donors (Lipinski definition) is 2. The molecule has 3 heterocycles. The molecule has 176 valence electrons. The Morgan fingerprint density at radius 1 is 1.09 bits per heavy atom. The van der Waals surface area contributed by atoms with Gasteiger partial charge in [0, 0.05) is 17.3 Å². The Balaban J connectivity index is 1.62. The molecule has 2 unspecified atom stereocenters. The molecule has 0 saturated heterocycles. The van der Waals surface area contributed by atoms with Crippen LogP contribution < -0.4 is 25.1 Å². The fourth-order valence-corrected chi connectivity index (χ4v) is 4.23. The molecule has 2 aromatic carbocycles. The lowest BCUT2D eigenvalue weighted by molar-refractivity contribution is -0.377. The van der Waals surface area contributed by atoms with Gasteiger partial charge in [-0.3, -0.25) is 4.79 Å². The van der Waals surface area contributed by atoms with E-state index < -0.39 is 12.0 Å². The molecule has 3 N–H and O–H groups in total. The molecule has 0 spiro atoms. The van der Waals surface area contributed by atoms with Crippen molar-refractivity contribution in [2.24, 2.45) is 5.92 Å². The number of hydrogen-bond acceptors (Lipinski definition) is 6. The summed E-state index contributed by atoms with van der Waals surface area (Å²) < 4.78 is 12.7. The topological polar surface area (TPSA) is 104 Å². The largest absolute Gasteiger partial charge is 0.493 e. The van der Waals surface area contributed by atoms with Crippen molar-refractivity contribution in [1.82, 2.24) is 14.8 Å². The summed E-state index contributed by atoms with van der Waals surface area (Å²) in [4.78, 5) is 21.2. The number of carbonyl (C=O) groups excluding carboxylic acids is 1. The Labute approximate surface area is 202 Å². The predicted octanol–water partition coefficient (Wildman–Crippen LogP) is 3.56. The van der Waals surface area contributed by atoms with Crippen LogP contribution in [0, 0.1) is 5.92 Å². The van der Waals surface area contributed by atoms with E-state index in [1.807, 2.05) is 60.7 Å². The summed E-state index contributed by atoms with van der Waals surface area (Å²) in [5.41, 5.74) is 2.83. The summed E-state index contributed by atoms with van der Waals surface area (Å²) in [5.74, 6) is 1.27. The van der Waals surface area contributed by atoms with E-state index in [0.29, 0.717) is 34.7 Å². The fraction of sp³-hybridized carbons (Fsp3) is 0.154. The van der Waals surface area contributed by atoms with E-state index in [1.54, 1.807) is 31.3 Å². The normalized spacial score (nSPS) is 16.7. The molecular formula is C26H25N6O3+. The zero-order valence-electron chi connectivity index (χ0n) is 19.4. The van der Waals surface area contributed by atoms with Crippen LogP contribution in [0.3, 0.4) is 0 Å². The van der Waals surface area contributed by atoms with Gasteiger partial charge in [0.1, 0.15) is 11.6 Å². The van der Waals surface area contributed by atoms with Crippen LogP contribution >= 0.6 is 0 Å². The number of rotatable bonds is 6. The van der Waals surface area contributed by atoms with Gasteiger partial charge in [0.15, 0.2) is 29.7 Å². The summed E-state index contributed by atoms with van der Waals surface area (Å²) in [6, 6.07) is 18.3. The first kappa shape index (κ1) is 22.1. The third kappa shape index (κ3) is 4.19. The van der Waals surface area contributed by atoms with Crippen molar-refractivity contribution in [2.75, 3.05) is 24.9 Å². The van der Waals surface area contributed by atoms with E-state index in [0.717, 1.165) is 11.1 Å². The smallest absolute Gasteiger partial charge is 0.236 e. The van der Waals surface area contributed by atoms with Gasteiger partial charge < -0.3 is 20.1 Å². The SMILES string of the molecule is C=C1Nc2nc(-c3ccccc3)nn2C(c2ccc(OC)c(OC)c2)C1C(=O)Nc1ccc[nH+]c1. The van der Waals surface area contributed by atoms with E-state index in [4.69, 9.17) is 14.6 Å². The highest BCUT2D eigenvalue weighted by Crippen LogP contribution is 2.41. The van der Waals surface area contributed by atoms with Crippen LogP contribution in [0.25, 0.3) is 11.4 Å². The first-order chi connectivity index (χ1) is 17.1. The molecule has 35 heavy (non-hydrogen) atoms. The van der Waals surface area contributed by atoms with Crippen LogP contribution in [0.1, 0.15) is 11.6 Å². The monoisotopic (exact) mass is 469 g/mol. The second-order valence-corrected chi connectivity index (χ2v) is 8.04. The number of aromatic nitrogens is 4. The third-order valence-corrected chi connectivity index (χ3v) is 5.90. The second kappa shape index (κ2) is 9.30. The van der Waals surface area contributed by atoms with Gasteiger partial charge in [0.25, 0.3) is 0 Å². The number of methoxy groups -OCH3 is 2. The average molecular weight is 470 g/mol. The Hall–Kier alpha value is -4.66. The van der Waals surface area contributed by atoms with Gasteiger partial charge in [-0.05, 0) is 23.8 Å². The number of anilines is 2. The molecule has 9 nitrogen and oxygen atoms in total. The van der Waals surface area contributed by atoms with Gasteiger partial charge >= 0.3 is 0 Å². The maximum atomic E-state index is 13.6. The van der Waals surface area contributed by atoms with Crippen molar-refractivity contribution in [1.29, 1.82) is 0 Å². The Morgan fingerprint density at radius 3 is 2.60 bits per heavy atom. The van der Waals surface area contributed by atoms with Crippen LogP contribution in [-0.2, 0) is 4.79 Å². The van der Waals surface area contributed by atoms with Crippen molar-refractivity contribution in [3.63, 3.8) is 0 Å². The first-order valence-corrected chi connectivity index (χ1v) is 11.1. The molecule has 1 amide bonds. The van der Waals surface area contributed by atoms with Gasteiger partial charge in [0.2, 0.25) is 11.9 Å². The molecule has 2 aromatic heterocycles. The van der Waals surface area contributed by atoms with Crippen LogP contribution in [0.2, 0.25) is 0 Å². The molecule has 0 saturated carbocycles. The average Bonchev–Trinajstić information content (AvgIpc) is 3.32. The third-order valence-electron chi connectivity index (χ3n) is 5.90. The number of H-pyrrole nitrogens is 1. The molecule has 4 aromatic rings. The summed E-state index contributed by atoms with van der Waals surface area (Å²) in [5, 5.41) is 11.0. The number of ether oxygens (including phenoxy) is 2. The van der Waals surface area contributed by atoms with Crippen LogP contribution in [0.4, 0.5) is 11.6 Å². The highest BCUT2D eigenvalue weighted by atomic mass is 16.5. The molecule has 9 heteroatoms. The number of pyridine rings is 1. The summed E-state index contributed by atoms with van der Waals surface area (Å²) in [7, 11) is 3.16. The molecule has 2 atom stereocenters. The summed E-state index contributed by atoms with van der Waals surface area (Å²) in [6.07, 6.45) is 3.49. The van der Waals surface area contributed by atoms with E-state index in [1.165, 1.54) is 0 Å². The van der Waals surface area contributed by atoms with E-state index in [-0.39, 0.29) is 5.91 Å². The predicted molar refractivity (Wildman–Crippen MR) is 131 cm³/mol. The standard InChI is InChI=1S/C26H24N6O3/c1-16-22(25(33)29-19-10-7-13-27-15-19)23(18-11-12-20(34-2)21(14-18)35-3)32-26(28-16)30-24(31-32)17-8-5-4-6-9-17/h4-15,22-23H,1H2,2-3H3,(H,29,33)(H,28,30,31)/p+1. The van der Waals surface area contributed by atoms with E-state index in [2.05, 4.69) is 27.2 Å². The van der Waals surface area contributed by atoms with Crippen molar-refractivity contribution in [3.8, 4) is 22.9 Å².